The number of thiazole rings is 1. The van der Waals surface area contributed by atoms with Gasteiger partial charge < -0.3 is 21.5 Å². The summed E-state index contributed by atoms with van der Waals surface area (Å²) >= 11 is 0.788. The van der Waals surface area contributed by atoms with Crippen LogP contribution in [0.2, 0.25) is 0 Å². The smallest absolute Gasteiger partial charge is 0.277 e. The lowest BCUT2D eigenvalue weighted by molar-refractivity contribution is -0.0117. The Morgan fingerprint density at radius 2 is 1.89 bits per heavy atom. The van der Waals surface area contributed by atoms with E-state index in [9.17, 15) is 4.79 Å². The molecule has 5 N–H and O–H groups in total. The van der Waals surface area contributed by atoms with Crippen LogP contribution in [0, 0.1) is 17.6 Å². The molecule has 2 fully saturated rings. The van der Waals surface area contributed by atoms with Gasteiger partial charge in [-0.3, -0.25) is 9.78 Å². The van der Waals surface area contributed by atoms with E-state index in [0.29, 0.717) is 11.6 Å². The van der Waals surface area contributed by atoms with Crippen molar-refractivity contribution in [1.29, 1.82) is 0 Å². The highest BCUT2D eigenvalue weighted by molar-refractivity contribution is 7.19. The number of hydrogen-bond donors (Lipinski definition) is 3. The lowest BCUT2D eigenvalue weighted by Gasteiger charge is -2.32. The van der Waals surface area contributed by atoms with Gasteiger partial charge in [0, 0.05) is 38.3 Å². The van der Waals surface area contributed by atoms with Crippen molar-refractivity contribution in [2.24, 2.45) is 11.7 Å². The molecule has 202 valence electrons. The summed E-state index contributed by atoms with van der Waals surface area (Å²) in [6, 6.07) is 3.91. The van der Waals surface area contributed by atoms with Crippen LogP contribution in [-0.2, 0) is 10.4 Å². The molecular formula is C27H30F3N5O2S. The number of carbonyl (C=O) groups excluding carboxylic acids is 1. The van der Waals surface area contributed by atoms with E-state index >= 15 is 13.2 Å². The van der Waals surface area contributed by atoms with Gasteiger partial charge in [-0.05, 0) is 60.4 Å². The minimum absolute atomic E-state index is 0.00511. The molecule has 7 nitrogen and oxygen atoms in total. The monoisotopic (exact) mass is 545 g/mol. The average molecular weight is 546 g/mol. The molecular weight excluding hydrogens is 515 g/mol. The molecule has 1 aliphatic heterocycles. The minimum atomic E-state index is -1.87. The van der Waals surface area contributed by atoms with Gasteiger partial charge in [0.25, 0.3) is 5.91 Å². The van der Waals surface area contributed by atoms with E-state index in [0.717, 1.165) is 48.3 Å². The fourth-order valence-electron chi connectivity index (χ4n) is 5.58. The number of carbonyl (C=O) groups is 1. The zero-order valence-corrected chi connectivity index (χ0v) is 21.8. The number of aromatic nitrogens is 2. The van der Waals surface area contributed by atoms with Crippen molar-refractivity contribution >= 4 is 27.9 Å². The molecule has 5 rings (SSSR count). The van der Waals surface area contributed by atoms with Crippen molar-refractivity contribution in [2.75, 3.05) is 24.3 Å². The van der Waals surface area contributed by atoms with Crippen LogP contribution in [0.25, 0.3) is 10.6 Å². The first-order valence-electron chi connectivity index (χ1n) is 12.7. The second kappa shape index (κ2) is 10.6. The Hall–Kier alpha value is -3.02. The molecule has 1 saturated heterocycles. The second-order valence-corrected chi connectivity index (χ2v) is 11.3. The summed E-state index contributed by atoms with van der Waals surface area (Å²) in [5.41, 5.74) is 11.2. The van der Waals surface area contributed by atoms with Gasteiger partial charge in [0.2, 0.25) is 0 Å². The quantitative estimate of drug-likeness (QED) is 0.389. The standard InChI is InChI=1S/C27H30F3N5O2S/c1-14-8-15(10-17(31)9-14)18-2-5-33-13-21(18)34-25(36)23-24(32)38-26(35-23)22-19(28)11-16(12-20(22)29)27(30)3-6-37-7-4-27/h2,5,11-15,17H,3-4,6-10,31-32H2,1H3,(H,34,36)/t14-,15+,17-/m0/s1. The molecule has 0 radical (unpaired) electrons. The SMILES string of the molecule is C[C@@H]1C[C@H](N)C[C@H](c2ccncc2NC(=O)c2nc(-c3c(F)cc(C4(F)CCOCC4)cc3F)sc2N)C1. The molecule has 3 atom stereocenters. The fourth-order valence-corrected chi connectivity index (χ4v) is 6.46. The van der Waals surface area contributed by atoms with Crippen LogP contribution in [0.4, 0.5) is 23.9 Å². The molecule has 1 aromatic carbocycles. The van der Waals surface area contributed by atoms with Gasteiger partial charge in [0.15, 0.2) is 5.69 Å². The van der Waals surface area contributed by atoms with Crippen LogP contribution >= 0.6 is 11.3 Å². The van der Waals surface area contributed by atoms with E-state index in [2.05, 4.69) is 22.2 Å². The van der Waals surface area contributed by atoms with Crippen LogP contribution in [-0.4, -0.2) is 35.1 Å². The lowest BCUT2D eigenvalue weighted by Crippen LogP contribution is -2.31. The number of rotatable bonds is 5. The number of hydrogen-bond acceptors (Lipinski definition) is 7. The van der Waals surface area contributed by atoms with Gasteiger partial charge in [-0.2, -0.15) is 0 Å². The zero-order chi connectivity index (χ0) is 27.0. The molecule has 11 heteroatoms. The summed E-state index contributed by atoms with van der Waals surface area (Å²) < 4.78 is 50.7. The predicted octanol–water partition coefficient (Wildman–Crippen LogP) is 5.52. The topological polar surface area (TPSA) is 116 Å². The number of nitrogens with two attached hydrogens (primary N) is 2. The van der Waals surface area contributed by atoms with E-state index in [1.165, 1.54) is 0 Å². The maximum atomic E-state index is 15.3. The molecule has 1 amide bonds. The van der Waals surface area contributed by atoms with Crippen molar-refractivity contribution in [3.63, 3.8) is 0 Å². The number of nitrogens with zero attached hydrogens (tertiary/aromatic N) is 2. The first-order chi connectivity index (χ1) is 18.1. The van der Waals surface area contributed by atoms with Crippen LogP contribution in [0.3, 0.4) is 0 Å². The molecule has 1 aliphatic carbocycles. The van der Waals surface area contributed by atoms with Crippen molar-refractivity contribution in [3.05, 3.63) is 59.0 Å². The van der Waals surface area contributed by atoms with Gasteiger partial charge in [-0.25, -0.2) is 18.2 Å². The Morgan fingerprint density at radius 1 is 1.18 bits per heavy atom. The molecule has 2 aliphatic rings. The number of ether oxygens (including phenoxy) is 1. The molecule has 1 saturated carbocycles. The highest BCUT2D eigenvalue weighted by Gasteiger charge is 2.36. The molecule has 0 bridgehead atoms. The Labute approximate surface area is 222 Å². The van der Waals surface area contributed by atoms with Gasteiger partial charge in [-0.1, -0.05) is 18.3 Å². The van der Waals surface area contributed by atoms with Crippen molar-refractivity contribution in [1.82, 2.24) is 9.97 Å². The maximum absolute atomic E-state index is 15.3. The average Bonchev–Trinajstić information content (AvgIpc) is 3.25. The third-order valence-corrected chi connectivity index (χ3v) is 8.35. The maximum Gasteiger partial charge on any atom is 0.277 e. The van der Waals surface area contributed by atoms with Gasteiger partial charge in [0.1, 0.15) is 27.3 Å². The molecule has 0 unspecified atom stereocenters. The number of benzene rings is 1. The van der Waals surface area contributed by atoms with E-state index in [4.69, 9.17) is 16.2 Å². The van der Waals surface area contributed by atoms with Crippen LogP contribution in [0.5, 0.6) is 0 Å². The lowest BCUT2D eigenvalue weighted by atomic mass is 9.76. The van der Waals surface area contributed by atoms with E-state index in [-0.39, 0.29) is 59.3 Å². The molecule has 3 heterocycles. The Balaban J connectivity index is 1.40. The highest BCUT2D eigenvalue weighted by atomic mass is 32.1. The Kier molecular flexibility index (Phi) is 7.43. The Bertz CT molecular complexity index is 1310. The van der Waals surface area contributed by atoms with Crippen LogP contribution in [0.1, 0.15) is 66.6 Å². The minimum Gasteiger partial charge on any atom is -0.389 e. The van der Waals surface area contributed by atoms with E-state index in [1.54, 1.807) is 12.4 Å². The van der Waals surface area contributed by atoms with Crippen LogP contribution < -0.4 is 16.8 Å². The number of nitrogen functional groups attached to an aromatic ring is 1. The number of nitrogens with one attached hydrogen (secondary N) is 1. The van der Waals surface area contributed by atoms with Gasteiger partial charge in [-0.15, -0.1) is 0 Å². The third-order valence-electron chi connectivity index (χ3n) is 7.45. The first kappa shape index (κ1) is 26.6. The summed E-state index contributed by atoms with van der Waals surface area (Å²) in [6.07, 6.45) is 5.94. The van der Waals surface area contributed by atoms with Crippen molar-refractivity contribution in [2.45, 2.75) is 56.7 Å². The molecule has 3 aromatic rings. The van der Waals surface area contributed by atoms with Crippen molar-refractivity contribution < 1.29 is 22.7 Å². The van der Waals surface area contributed by atoms with Crippen LogP contribution in [0.15, 0.2) is 30.6 Å². The normalized spacial score (nSPS) is 23.2. The third kappa shape index (κ3) is 5.27. The number of amides is 1. The number of halogens is 3. The number of pyridine rings is 1. The first-order valence-corrected chi connectivity index (χ1v) is 13.5. The predicted molar refractivity (Wildman–Crippen MR) is 141 cm³/mol. The fraction of sp³-hybridized carbons (Fsp3) is 0.444. The number of anilines is 2. The molecule has 38 heavy (non-hydrogen) atoms. The van der Waals surface area contributed by atoms with E-state index in [1.807, 2.05) is 6.07 Å². The molecule has 2 aromatic heterocycles. The van der Waals surface area contributed by atoms with E-state index < -0.39 is 28.8 Å². The number of alkyl halides is 1. The second-order valence-electron chi connectivity index (χ2n) is 10.3. The summed E-state index contributed by atoms with van der Waals surface area (Å²) in [7, 11) is 0. The summed E-state index contributed by atoms with van der Waals surface area (Å²) in [6.45, 7) is 2.51. The zero-order valence-electron chi connectivity index (χ0n) is 21.0. The van der Waals surface area contributed by atoms with Gasteiger partial charge in [0.05, 0.1) is 17.4 Å². The molecule has 0 spiro atoms. The summed E-state index contributed by atoms with van der Waals surface area (Å²) in [4.78, 5) is 21.5. The van der Waals surface area contributed by atoms with Crippen molar-refractivity contribution in [3.8, 4) is 10.6 Å². The summed E-state index contributed by atoms with van der Waals surface area (Å²) in [5, 5.41) is 2.72. The Morgan fingerprint density at radius 3 is 2.58 bits per heavy atom. The summed E-state index contributed by atoms with van der Waals surface area (Å²) in [5.74, 6) is -1.95. The largest absolute Gasteiger partial charge is 0.389 e. The highest BCUT2D eigenvalue weighted by Crippen LogP contribution is 2.41. The van der Waals surface area contributed by atoms with Gasteiger partial charge >= 0.3 is 0 Å².